The lowest BCUT2D eigenvalue weighted by molar-refractivity contribution is -0.244. The number of allylic oxidation sites excluding steroid dienone is 4. The molecule has 2 N–H and O–H groups in total. The summed E-state index contributed by atoms with van der Waals surface area (Å²) in [5.74, 6) is -0.591. The molecule has 0 radical (unpaired) electrons. The van der Waals surface area contributed by atoms with Crippen LogP contribution in [0, 0.1) is 23.7 Å². The maximum Gasteiger partial charge on any atom is 0.260 e. The predicted octanol–water partition coefficient (Wildman–Crippen LogP) is 3.43. The molecule has 5 rings (SSSR count). The average Bonchev–Trinajstić information content (AvgIpc) is 3.09. The molecule has 1 spiro atoms. The molecule has 0 unspecified atom stereocenters. The van der Waals surface area contributed by atoms with Crippen molar-refractivity contribution in [3.8, 4) is 0 Å². The van der Waals surface area contributed by atoms with Crippen LogP contribution in [0.4, 0.5) is 0 Å². The van der Waals surface area contributed by atoms with E-state index in [0.717, 1.165) is 30.4 Å². The van der Waals surface area contributed by atoms with Gasteiger partial charge in [-0.2, -0.15) is 0 Å². The molecule has 0 aromatic carbocycles. The molecule has 6 nitrogen and oxygen atoms in total. The Balaban J connectivity index is 1.68. The summed E-state index contributed by atoms with van der Waals surface area (Å²) in [6.45, 7) is 12.3. The van der Waals surface area contributed by atoms with Gasteiger partial charge in [0.25, 0.3) is 5.79 Å². The van der Waals surface area contributed by atoms with Crippen LogP contribution >= 0.6 is 0 Å². The van der Waals surface area contributed by atoms with Gasteiger partial charge in [-0.1, -0.05) is 25.5 Å². The SMILES string of the molecule is CC(C)=C[C@H]1C[C@H](C)[C@H]2CC[C@H](C)C3=C2C1=C(C)C(=O)[C@]31O[C@@H]2O[C@@H](C)[C@@H](O)[C@@H](O)[C@@H]2O1. The zero-order valence-corrected chi connectivity index (χ0v) is 19.9. The highest BCUT2D eigenvalue weighted by Crippen LogP contribution is 2.59. The second kappa shape index (κ2) is 7.60. The van der Waals surface area contributed by atoms with Crippen molar-refractivity contribution in [3.05, 3.63) is 33.9 Å². The highest BCUT2D eigenvalue weighted by atomic mass is 16.8. The van der Waals surface area contributed by atoms with Crippen molar-refractivity contribution >= 4 is 5.78 Å². The van der Waals surface area contributed by atoms with Gasteiger partial charge in [-0.25, -0.2) is 0 Å². The number of aliphatic hydroxyl groups excluding tert-OH is 2. The summed E-state index contributed by atoms with van der Waals surface area (Å²) in [6.07, 6.45) is 0.707. The summed E-state index contributed by atoms with van der Waals surface area (Å²) in [5, 5.41) is 21.1. The Morgan fingerprint density at radius 2 is 1.78 bits per heavy atom. The normalized spacial score (nSPS) is 48.1. The number of ether oxygens (including phenoxy) is 3. The Hall–Kier alpha value is -1.31. The van der Waals surface area contributed by atoms with Gasteiger partial charge < -0.3 is 24.4 Å². The fraction of sp³-hybridized carbons (Fsp3) is 0.731. The molecule has 2 heterocycles. The summed E-state index contributed by atoms with van der Waals surface area (Å²) in [5.41, 5.74) is 5.26. The van der Waals surface area contributed by atoms with Crippen LogP contribution in [-0.4, -0.2) is 52.5 Å². The van der Waals surface area contributed by atoms with Gasteiger partial charge in [-0.3, -0.25) is 4.79 Å². The Kier molecular flexibility index (Phi) is 5.34. The van der Waals surface area contributed by atoms with Crippen LogP contribution in [0.5, 0.6) is 0 Å². The minimum atomic E-state index is -1.58. The highest BCUT2D eigenvalue weighted by Gasteiger charge is 2.65. The van der Waals surface area contributed by atoms with Gasteiger partial charge in [0.2, 0.25) is 5.78 Å². The van der Waals surface area contributed by atoms with E-state index in [9.17, 15) is 15.0 Å². The summed E-state index contributed by atoms with van der Waals surface area (Å²) >= 11 is 0. The predicted molar refractivity (Wildman–Crippen MR) is 118 cm³/mol. The molecule has 2 saturated heterocycles. The van der Waals surface area contributed by atoms with E-state index < -0.39 is 36.5 Å². The summed E-state index contributed by atoms with van der Waals surface area (Å²) < 4.78 is 18.6. The smallest absolute Gasteiger partial charge is 0.260 e. The van der Waals surface area contributed by atoms with Gasteiger partial charge in [0, 0.05) is 17.1 Å². The topological polar surface area (TPSA) is 85.2 Å². The van der Waals surface area contributed by atoms with E-state index >= 15 is 0 Å². The lowest BCUT2D eigenvalue weighted by atomic mass is 9.57. The van der Waals surface area contributed by atoms with E-state index in [1.165, 1.54) is 11.1 Å². The first kappa shape index (κ1) is 22.5. The Labute approximate surface area is 190 Å². The van der Waals surface area contributed by atoms with Gasteiger partial charge in [0.05, 0.1) is 6.10 Å². The number of carbonyl (C=O) groups is 1. The van der Waals surface area contributed by atoms with Gasteiger partial charge in [-0.15, -0.1) is 0 Å². The molecule has 1 saturated carbocycles. The van der Waals surface area contributed by atoms with Gasteiger partial charge in [0.15, 0.2) is 6.29 Å². The molecule has 0 aromatic heterocycles. The fourth-order valence-corrected chi connectivity index (χ4v) is 6.85. The number of aliphatic hydroxyl groups is 2. The van der Waals surface area contributed by atoms with Crippen LogP contribution in [0.2, 0.25) is 0 Å². The number of carbonyl (C=O) groups excluding carboxylic acids is 1. The van der Waals surface area contributed by atoms with Crippen LogP contribution in [-0.2, 0) is 19.0 Å². The van der Waals surface area contributed by atoms with Gasteiger partial charge in [0.1, 0.15) is 18.3 Å². The van der Waals surface area contributed by atoms with Gasteiger partial charge in [-0.05, 0) is 75.9 Å². The number of hydrogen-bond acceptors (Lipinski definition) is 6. The van der Waals surface area contributed by atoms with E-state index in [-0.39, 0.29) is 17.6 Å². The van der Waals surface area contributed by atoms with E-state index in [2.05, 4.69) is 33.8 Å². The lowest BCUT2D eigenvalue weighted by Crippen LogP contribution is -2.55. The number of hydrogen-bond donors (Lipinski definition) is 2. The Morgan fingerprint density at radius 1 is 1.06 bits per heavy atom. The third kappa shape index (κ3) is 3.00. The molecule has 2 aliphatic heterocycles. The monoisotopic (exact) mass is 444 g/mol. The molecule has 32 heavy (non-hydrogen) atoms. The number of Topliss-reactive ketones (excluding diaryl/α,β-unsaturated/α-hetero) is 1. The van der Waals surface area contributed by atoms with Crippen molar-refractivity contribution in [3.63, 3.8) is 0 Å². The first-order chi connectivity index (χ1) is 15.1. The van der Waals surface area contributed by atoms with Crippen molar-refractivity contribution in [2.75, 3.05) is 0 Å². The first-order valence-corrected chi connectivity index (χ1v) is 12.1. The molecule has 10 atom stereocenters. The number of rotatable bonds is 1. The van der Waals surface area contributed by atoms with Crippen LogP contribution in [0.15, 0.2) is 33.9 Å². The molecule has 3 fully saturated rings. The van der Waals surface area contributed by atoms with E-state index in [1.807, 2.05) is 6.92 Å². The maximum atomic E-state index is 14.0. The largest absolute Gasteiger partial charge is 0.388 e. The maximum absolute atomic E-state index is 14.0. The van der Waals surface area contributed by atoms with E-state index in [1.54, 1.807) is 6.92 Å². The minimum Gasteiger partial charge on any atom is -0.388 e. The fourth-order valence-electron chi connectivity index (χ4n) is 6.85. The quantitative estimate of drug-likeness (QED) is 0.603. The molecule has 0 bridgehead atoms. The molecule has 6 heteroatoms. The Morgan fingerprint density at radius 3 is 2.47 bits per heavy atom. The lowest BCUT2D eigenvalue weighted by Gasteiger charge is -2.50. The molecular weight excluding hydrogens is 408 g/mol. The van der Waals surface area contributed by atoms with Crippen LogP contribution in [0.25, 0.3) is 0 Å². The van der Waals surface area contributed by atoms with Crippen LogP contribution < -0.4 is 0 Å². The summed E-state index contributed by atoms with van der Waals surface area (Å²) in [7, 11) is 0. The molecule has 3 aliphatic carbocycles. The van der Waals surface area contributed by atoms with E-state index in [0.29, 0.717) is 17.4 Å². The average molecular weight is 445 g/mol. The van der Waals surface area contributed by atoms with Crippen LogP contribution in [0.1, 0.15) is 60.8 Å². The second-order valence-corrected chi connectivity index (χ2v) is 10.9. The second-order valence-electron chi connectivity index (χ2n) is 10.9. The standard InChI is InChI=1S/C26H36O6/c1-11(2)9-16-10-13(4)17-8-7-12(3)20-19(17)18(16)14(5)24(29)26(20)31-23-22(28)21(27)15(6)30-25(23)32-26/h9,12-13,15-17,21-23,25,27-28H,7-8,10H2,1-6H3/t12-,13-,15-,16-,17+,21+,22+,23-,25-,26+/m0/s1. The summed E-state index contributed by atoms with van der Waals surface area (Å²) in [6, 6.07) is 0. The highest BCUT2D eigenvalue weighted by molar-refractivity contribution is 6.06. The van der Waals surface area contributed by atoms with E-state index in [4.69, 9.17) is 14.2 Å². The van der Waals surface area contributed by atoms with Crippen molar-refractivity contribution < 1.29 is 29.2 Å². The third-order valence-corrected chi connectivity index (χ3v) is 8.34. The molecule has 176 valence electrons. The molecule has 0 amide bonds. The third-order valence-electron chi connectivity index (χ3n) is 8.34. The number of fused-ring (bicyclic) bond motifs is 2. The van der Waals surface area contributed by atoms with Crippen molar-refractivity contribution in [2.24, 2.45) is 23.7 Å². The summed E-state index contributed by atoms with van der Waals surface area (Å²) in [4.78, 5) is 14.0. The zero-order chi connectivity index (χ0) is 23.1. The first-order valence-electron chi connectivity index (χ1n) is 12.1. The van der Waals surface area contributed by atoms with Crippen molar-refractivity contribution in [2.45, 2.75) is 97.3 Å². The Bertz CT molecular complexity index is 927. The zero-order valence-electron chi connectivity index (χ0n) is 19.9. The minimum absolute atomic E-state index is 0.116. The van der Waals surface area contributed by atoms with Crippen LogP contribution in [0.3, 0.4) is 0 Å². The molecule has 5 aliphatic rings. The van der Waals surface area contributed by atoms with Gasteiger partial charge >= 0.3 is 0 Å². The molecule has 0 aromatic rings. The van der Waals surface area contributed by atoms with Crippen molar-refractivity contribution in [1.82, 2.24) is 0 Å². The molecular formula is C26H36O6. The van der Waals surface area contributed by atoms with Crippen molar-refractivity contribution in [1.29, 1.82) is 0 Å². The number of ketones is 1.